The van der Waals surface area contributed by atoms with Crippen LogP contribution in [0.25, 0.3) is 0 Å². The van der Waals surface area contributed by atoms with E-state index in [-0.39, 0.29) is 17.9 Å². The second kappa shape index (κ2) is 13.8. The van der Waals surface area contributed by atoms with E-state index < -0.39 is 11.8 Å². The van der Waals surface area contributed by atoms with Crippen molar-refractivity contribution >= 4 is 11.9 Å². The number of hydrogen-bond acceptors (Lipinski definition) is 4. The van der Waals surface area contributed by atoms with E-state index in [9.17, 15) is 9.59 Å². The summed E-state index contributed by atoms with van der Waals surface area (Å²) in [6.07, 6.45) is 13.2. The van der Waals surface area contributed by atoms with E-state index in [1.165, 1.54) is 38.5 Å². The van der Waals surface area contributed by atoms with Crippen LogP contribution >= 0.6 is 0 Å². The molecule has 0 aromatic heterocycles. The van der Waals surface area contributed by atoms with Gasteiger partial charge in [0.2, 0.25) is 0 Å². The van der Waals surface area contributed by atoms with Gasteiger partial charge in [0.15, 0.2) is 0 Å². The summed E-state index contributed by atoms with van der Waals surface area (Å²) in [5, 5.41) is 0. The van der Waals surface area contributed by atoms with E-state index in [1.54, 1.807) is 0 Å². The Kier molecular flexibility index (Phi) is 12.1. The Morgan fingerprint density at radius 2 is 1.30 bits per heavy atom. The lowest BCUT2D eigenvalue weighted by atomic mass is 9.87. The van der Waals surface area contributed by atoms with Gasteiger partial charge in [0.1, 0.15) is 0 Å². The van der Waals surface area contributed by atoms with Gasteiger partial charge in [-0.1, -0.05) is 83.8 Å². The standard InChI is InChI=1S/C23H40O4/c1-5-7-9-11-13-15-26-22(24)20-18(3)17-19(4)21(20)23(25)27-16-14-12-10-8-6-2/h17-18,20-21H,5-16H2,1-4H3. The summed E-state index contributed by atoms with van der Waals surface area (Å²) in [6.45, 7) is 9.16. The molecule has 1 aliphatic rings. The first-order valence-electron chi connectivity index (χ1n) is 11.0. The lowest BCUT2D eigenvalue weighted by molar-refractivity contribution is -0.160. The highest BCUT2D eigenvalue weighted by Gasteiger charge is 2.44. The third-order valence-corrected chi connectivity index (χ3v) is 5.45. The number of carbonyl (C=O) groups is 2. The van der Waals surface area contributed by atoms with Gasteiger partial charge in [-0.3, -0.25) is 9.59 Å². The van der Waals surface area contributed by atoms with Crippen LogP contribution < -0.4 is 0 Å². The molecular weight excluding hydrogens is 340 g/mol. The van der Waals surface area contributed by atoms with Crippen LogP contribution in [-0.4, -0.2) is 25.2 Å². The molecule has 27 heavy (non-hydrogen) atoms. The van der Waals surface area contributed by atoms with Crippen molar-refractivity contribution in [3.63, 3.8) is 0 Å². The fourth-order valence-electron chi connectivity index (χ4n) is 3.83. The molecule has 0 aromatic rings. The summed E-state index contributed by atoms with van der Waals surface area (Å²) in [5.74, 6) is -1.43. The Labute approximate surface area is 166 Å². The molecular formula is C23H40O4. The fourth-order valence-corrected chi connectivity index (χ4v) is 3.83. The number of rotatable bonds is 14. The van der Waals surface area contributed by atoms with Crippen molar-refractivity contribution in [3.05, 3.63) is 11.6 Å². The van der Waals surface area contributed by atoms with E-state index >= 15 is 0 Å². The molecule has 0 fully saturated rings. The molecule has 0 spiro atoms. The van der Waals surface area contributed by atoms with Gasteiger partial charge in [-0.2, -0.15) is 0 Å². The van der Waals surface area contributed by atoms with Gasteiger partial charge in [-0.25, -0.2) is 0 Å². The SMILES string of the molecule is CCCCCCCOC(=O)C1C(C)=CC(C)C1C(=O)OCCCCCCC. The van der Waals surface area contributed by atoms with Gasteiger partial charge in [0.05, 0.1) is 25.0 Å². The molecule has 0 N–H and O–H groups in total. The second-order valence-corrected chi connectivity index (χ2v) is 7.94. The number of carbonyl (C=O) groups excluding carboxylic acids is 2. The molecule has 0 saturated carbocycles. The number of hydrogen-bond donors (Lipinski definition) is 0. The molecule has 0 radical (unpaired) electrons. The average molecular weight is 381 g/mol. The van der Waals surface area contributed by atoms with E-state index in [0.29, 0.717) is 13.2 Å². The van der Waals surface area contributed by atoms with Crippen molar-refractivity contribution in [1.82, 2.24) is 0 Å². The first-order chi connectivity index (χ1) is 13.0. The van der Waals surface area contributed by atoms with Crippen LogP contribution in [0.2, 0.25) is 0 Å². The maximum Gasteiger partial charge on any atom is 0.313 e. The lowest BCUT2D eigenvalue weighted by Crippen LogP contribution is -2.33. The molecule has 1 rings (SSSR count). The van der Waals surface area contributed by atoms with Crippen molar-refractivity contribution < 1.29 is 19.1 Å². The quantitative estimate of drug-likeness (QED) is 0.216. The second-order valence-electron chi connectivity index (χ2n) is 7.94. The van der Waals surface area contributed by atoms with Crippen LogP contribution in [0.5, 0.6) is 0 Å². The number of ether oxygens (including phenoxy) is 2. The number of esters is 2. The normalized spacial score (nSPS) is 21.8. The van der Waals surface area contributed by atoms with E-state index in [4.69, 9.17) is 9.47 Å². The molecule has 4 heteroatoms. The van der Waals surface area contributed by atoms with Crippen LogP contribution in [0.1, 0.15) is 91.9 Å². The zero-order valence-corrected chi connectivity index (χ0v) is 17.9. The van der Waals surface area contributed by atoms with Crippen LogP contribution in [0.4, 0.5) is 0 Å². The molecule has 0 bridgehead atoms. The van der Waals surface area contributed by atoms with Gasteiger partial charge in [0, 0.05) is 0 Å². The molecule has 156 valence electrons. The van der Waals surface area contributed by atoms with Crippen molar-refractivity contribution in [2.75, 3.05) is 13.2 Å². The minimum Gasteiger partial charge on any atom is -0.465 e. The smallest absolute Gasteiger partial charge is 0.313 e. The lowest BCUT2D eigenvalue weighted by Gasteiger charge is -2.22. The van der Waals surface area contributed by atoms with Crippen LogP contribution in [0.15, 0.2) is 11.6 Å². The van der Waals surface area contributed by atoms with Gasteiger partial charge in [-0.05, 0) is 25.7 Å². The minimum absolute atomic E-state index is 0.0136. The first kappa shape index (κ1) is 23.7. The molecule has 0 aliphatic heterocycles. The molecule has 0 saturated heterocycles. The van der Waals surface area contributed by atoms with Crippen LogP contribution in [0.3, 0.4) is 0 Å². The summed E-state index contributed by atoms with van der Waals surface area (Å²) in [5.41, 5.74) is 0.934. The summed E-state index contributed by atoms with van der Waals surface area (Å²) in [7, 11) is 0. The Balaban J connectivity index is 2.42. The van der Waals surface area contributed by atoms with Crippen molar-refractivity contribution in [1.29, 1.82) is 0 Å². The predicted molar refractivity (Wildman–Crippen MR) is 109 cm³/mol. The summed E-state index contributed by atoms with van der Waals surface area (Å²) in [4.78, 5) is 25.2. The molecule has 3 atom stereocenters. The molecule has 1 aliphatic carbocycles. The summed E-state index contributed by atoms with van der Waals surface area (Å²) < 4.78 is 11.0. The topological polar surface area (TPSA) is 52.6 Å². The monoisotopic (exact) mass is 380 g/mol. The Morgan fingerprint density at radius 3 is 1.81 bits per heavy atom. The maximum absolute atomic E-state index is 12.6. The average Bonchev–Trinajstić information content (AvgIpc) is 2.94. The molecule has 4 nitrogen and oxygen atoms in total. The first-order valence-corrected chi connectivity index (χ1v) is 11.0. The number of allylic oxidation sites excluding steroid dienone is 1. The third-order valence-electron chi connectivity index (χ3n) is 5.45. The maximum atomic E-state index is 12.6. The zero-order chi connectivity index (χ0) is 20.1. The predicted octanol–water partition coefficient (Wildman–Crippen LogP) is 5.84. The molecule has 0 aromatic carbocycles. The van der Waals surface area contributed by atoms with Gasteiger partial charge >= 0.3 is 11.9 Å². The summed E-state index contributed by atoms with van der Waals surface area (Å²) >= 11 is 0. The van der Waals surface area contributed by atoms with E-state index in [1.807, 2.05) is 19.9 Å². The fraction of sp³-hybridized carbons (Fsp3) is 0.826. The highest BCUT2D eigenvalue weighted by atomic mass is 16.5. The summed E-state index contributed by atoms with van der Waals surface area (Å²) in [6, 6.07) is 0. The van der Waals surface area contributed by atoms with Gasteiger partial charge < -0.3 is 9.47 Å². The highest BCUT2D eigenvalue weighted by molar-refractivity contribution is 5.86. The molecule has 3 unspecified atom stereocenters. The Bertz CT molecular complexity index is 469. The van der Waals surface area contributed by atoms with Crippen molar-refractivity contribution in [2.45, 2.75) is 91.9 Å². The van der Waals surface area contributed by atoms with Crippen LogP contribution in [0, 0.1) is 17.8 Å². The van der Waals surface area contributed by atoms with Crippen molar-refractivity contribution in [2.24, 2.45) is 17.8 Å². The Morgan fingerprint density at radius 1 is 0.815 bits per heavy atom. The molecule has 0 heterocycles. The van der Waals surface area contributed by atoms with Gasteiger partial charge in [-0.15, -0.1) is 0 Å². The Hall–Kier alpha value is -1.32. The van der Waals surface area contributed by atoms with Gasteiger partial charge in [0.25, 0.3) is 0 Å². The largest absolute Gasteiger partial charge is 0.465 e. The van der Waals surface area contributed by atoms with E-state index in [2.05, 4.69) is 13.8 Å². The molecule has 0 amide bonds. The van der Waals surface area contributed by atoms with E-state index in [0.717, 1.165) is 31.3 Å². The third kappa shape index (κ3) is 8.49. The van der Waals surface area contributed by atoms with Crippen molar-refractivity contribution in [3.8, 4) is 0 Å². The minimum atomic E-state index is -0.483. The van der Waals surface area contributed by atoms with Crippen LogP contribution in [-0.2, 0) is 19.1 Å². The number of unbranched alkanes of at least 4 members (excludes halogenated alkanes) is 8. The zero-order valence-electron chi connectivity index (χ0n) is 17.9. The highest BCUT2D eigenvalue weighted by Crippen LogP contribution is 2.38.